The van der Waals surface area contributed by atoms with Crippen molar-refractivity contribution in [1.29, 1.82) is 0 Å². The fraction of sp³-hybridized carbons (Fsp3) is 0.188. The van der Waals surface area contributed by atoms with Crippen molar-refractivity contribution in [2.24, 2.45) is 0 Å². The molecule has 0 aliphatic rings. The minimum atomic E-state index is -3.04. The average Bonchev–Trinajstić information content (AvgIpc) is 2.48. The van der Waals surface area contributed by atoms with Crippen LogP contribution in [0.2, 0.25) is 0 Å². The van der Waals surface area contributed by atoms with Gasteiger partial charge in [-0.3, -0.25) is 0 Å². The highest BCUT2D eigenvalue weighted by Gasteiger charge is 2.35. The van der Waals surface area contributed by atoms with E-state index in [2.05, 4.69) is 0 Å². The molecule has 4 heteroatoms. The van der Waals surface area contributed by atoms with Crippen molar-refractivity contribution in [1.82, 2.24) is 0 Å². The summed E-state index contributed by atoms with van der Waals surface area (Å²) in [4.78, 5) is 11.0. The molecular weight excluding hydrogens is 271 g/mol. The molecule has 0 heterocycles. The maximum atomic E-state index is 13.5. The lowest BCUT2D eigenvalue weighted by atomic mass is 10.2. The predicted molar refractivity (Wildman–Crippen MR) is 81.3 cm³/mol. The molecule has 0 bridgehead atoms. The molecule has 104 valence electrons. The molecule has 0 unspecified atom stereocenters. The summed E-state index contributed by atoms with van der Waals surface area (Å²) in [6.07, 6.45) is 0.350. The fourth-order valence-electron chi connectivity index (χ4n) is 2.16. The molecule has 2 aromatic rings. The number of hydrogen-bond acceptors (Lipinski definition) is 3. The van der Waals surface area contributed by atoms with Crippen molar-refractivity contribution in [2.45, 2.75) is 12.5 Å². The quantitative estimate of drug-likeness (QED) is 0.676. The molecule has 0 fully saturated rings. The molecular formula is C16H17O3P. The van der Waals surface area contributed by atoms with Crippen molar-refractivity contribution < 1.29 is 14.5 Å². The van der Waals surface area contributed by atoms with E-state index in [1.54, 1.807) is 48.5 Å². The Morgan fingerprint density at radius 3 is 1.75 bits per heavy atom. The van der Waals surface area contributed by atoms with Gasteiger partial charge in [0.15, 0.2) is 6.29 Å². The summed E-state index contributed by atoms with van der Waals surface area (Å²) < 4.78 is 13.5. The van der Waals surface area contributed by atoms with Crippen LogP contribution >= 0.6 is 7.14 Å². The van der Waals surface area contributed by atoms with E-state index in [-0.39, 0.29) is 6.16 Å². The Labute approximate surface area is 118 Å². The van der Waals surface area contributed by atoms with Gasteiger partial charge in [0.25, 0.3) is 0 Å². The second-order valence-electron chi connectivity index (χ2n) is 5.04. The molecule has 0 saturated heterocycles. The van der Waals surface area contributed by atoms with E-state index in [1.165, 1.54) is 6.92 Å². The normalized spacial score (nSPS) is 14.5. The van der Waals surface area contributed by atoms with E-state index in [1.807, 2.05) is 12.1 Å². The van der Waals surface area contributed by atoms with Gasteiger partial charge in [-0.2, -0.15) is 0 Å². The van der Waals surface area contributed by atoms with Gasteiger partial charge in [-0.15, -0.1) is 0 Å². The van der Waals surface area contributed by atoms with Gasteiger partial charge in [0, 0.05) is 16.8 Å². The van der Waals surface area contributed by atoms with Gasteiger partial charge in [0.2, 0.25) is 0 Å². The molecule has 1 N–H and O–H groups in total. The van der Waals surface area contributed by atoms with Crippen LogP contribution in [0.4, 0.5) is 0 Å². The summed E-state index contributed by atoms with van der Waals surface area (Å²) in [6.45, 7) is 1.39. The van der Waals surface area contributed by atoms with Gasteiger partial charge in [-0.1, -0.05) is 60.7 Å². The van der Waals surface area contributed by atoms with Gasteiger partial charge in [0.1, 0.15) is 12.7 Å². The first-order chi connectivity index (χ1) is 9.48. The number of carbonyl (C=O) groups excluding carboxylic acids is 1. The maximum Gasteiger partial charge on any atom is 0.151 e. The Morgan fingerprint density at radius 2 is 1.40 bits per heavy atom. The van der Waals surface area contributed by atoms with Crippen LogP contribution in [0.5, 0.6) is 0 Å². The molecule has 0 radical (unpaired) electrons. The van der Waals surface area contributed by atoms with E-state index >= 15 is 0 Å². The molecule has 20 heavy (non-hydrogen) atoms. The molecule has 1 atom stereocenters. The van der Waals surface area contributed by atoms with Crippen molar-refractivity contribution in [3.05, 3.63) is 60.7 Å². The van der Waals surface area contributed by atoms with Gasteiger partial charge in [-0.25, -0.2) is 0 Å². The summed E-state index contributed by atoms with van der Waals surface area (Å²) in [5, 5.41) is 11.3. The second kappa shape index (κ2) is 5.74. The lowest BCUT2D eigenvalue weighted by molar-refractivity contribution is -0.120. The first-order valence-corrected chi connectivity index (χ1v) is 8.26. The zero-order chi connectivity index (χ0) is 14.6. The first-order valence-electron chi connectivity index (χ1n) is 6.37. The fourth-order valence-corrected chi connectivity index (χ4v) is 5.10. The van der Waals surface area contributed by atoms with Crippen molar-refractivity contribution in [3.8, 4) is 0 Å². The van der Waals surface area contributed by atoms with Crippen molar-refractivity contribution >= 4 is 24.0 Å². The summed E-state index contributed by atoms with van der Waals surface area (Å²) >= 11 is 0. The molecule has 0 amide bonds. The highest BCUT2D eigenvalue weighted by molar-refractivity contribution is 7.78. The monoisotopic (exact) mass is 288 g/mol. The van der Waals surface area contributed by atoms with Crippen LogP contribution in [-0.4, -0.2) is 23.2 Å². The molecule has 2 rings (SSSR count). The van der Waals surface area contributed by atoms with Crippen LogP contribution in [0.1, 0.15) is 6.92 Å². The zero-order valence-corrected chi connectivity index (χ0v) is 12.2. The van der Waals surface area contributed by atoms with Crippen molar-refractivity contribution in [2.75, 3.05) is 6.16 Å². The van der Waals surface area contributed by atoms with Gasteiger partial charge in [0.05, 0.1) is 0 Å². The van der Waals surface area contributed by atoms with E-state index < -0.39 is 12.7 Å². The zero-order valence-electron chi connectivity index (χ0n) is 11.3. The summed E-state index contributed by atoms with van der Waals surface area (Å²) in [5.74, 6) is 0. The van der Waals surface area contributed by atoms with Gasteiger partial charge in [-0.05, 0) is 6.92 Å². The van der Waals surface area contributed by atoms with E-state index in [4.69, 9.17) is 0 Å². The number of aliphatic hydroxyl groups is 1. The second-order valence-corrected chi connectivity index (χ2v) is 7.87. The standard InChI is InChI=1S/C16H17O3P/c1-16(18,12-17)13-20(19,14-8-4-2-5-9-14)15-10-6-3-7-11-15/h2-12,18H,13H2,1H3/t16-/m0/s1. The van der Waals surface area contributed by atoms with E-state index in [0.29, 0.717) is 16.9 Å². The minimum absolute atomic E-state index is 0.0997. The summed E-state index contributed by atoms with van der Waals surface area (Å²) in [7, 11) is -3.04. The Hall–Kier alpha value is -1.70. The van der Waals surface area contributed by atoms with Crippen LogP contribution in [0.3, 0.4) is 0 Å². The lowest BCUT2D eigenvalue weighted by Gasteiger charge is -2.25. The largest absolute Gasteiger partial charge is 0.382 e. The van der Waals surface area contributed by atoms with Crippen LogP contribution in [0.15, 0.2) is 60.7 Å². The number of benzene rings is 2. The van der Waals surface area contributed by atoms with E-state index in [9.17, 15) is 14.5 Å². The molecule has 0 spiro atoms. The Morgan fingerprint density at radius 1 is 1.00 bits per heavy atom. The highest BCUT2D eigenvalue weighted by atomic mass is 31.2. The van der Waals surface area contributed by atoms with E-state index in [0.717, 1.165) is 0 Å². The minimum Gasteiger partial charge on any atom is -0.382 e. The molecule has 0 aromatic heterocycles. The van der Waals surface area contributed by atoms with Crippen molar-refractivity contribution in [3.63, 3.8) is 0 Å². The average molecular weight is 288 g/mol. The maximum absolute atomic E-state index is 13.5. The summed E-state index contributed by atoms with van der Waals surface area (Å²) in [5.41, 5.74) is -1.61. The SMILES string of the molecule is C[C@](O)(C=O)CP(=O)(c1ccccc1)c1ccccc1. The van der Waals surface area contributed by atoms with Gasteiger partial charge < -0.3 is 14.5 Å². The third-order valence-corrected chi connectivity index (χ3v) is 6.49. The Bertz CT molecular complexity index is 577. The number of hydrogen-bond donors (Lipinski definition) is 1. The molecule has 2 aromatic carbocycles. The Kier molecular flexibility index (Phi) is 4.22. The smallest absolute Gasteiger partial charge is 0.151 e. The lowest BCUT2D eigenvalue weighted by Crippen LogP contribution is -2.35. The summed E-state index contributed by atoms with van der Waals surface area (Å²) in [6, 6.07) is 18.0. The molecule has 0 aliphatic heterocycles. The van der Waals surface area contributed by atoms with Crippen LogP contribution in [-0.2, 0) is 9.36 Å². The highest BCUT2D eigenvalue weighted by Crippen LogP contribution is 2.45. The predicted octanol–water partition coefficient (Wildman–Crippen LogP) is 1.95. The first kappa shape index (κ1) is 14.7. The third-order valence-electron chi connectivity index (χ3n) is 3.14. The third kappa shape index (κ3) is 3.06. The topological polar surface area (TPSA) is 54.4 Å². The number of carbonyl (C=O) groups is 1. The van der Waals surface area contributed by atoms with Gasteiger partial charge >= 0.3 is 0 Å². The Balaban J connectivity index is 2.56. The molecule has 0 saturated carbocycles. The van der Waals surface area contributed by atoms with Crippen LogP contribution in [0.25, 0.3) is 0 Å². The molecule has 0 aliphatic carbocycles. The van der Waals surface area contributed by atoms with Crippen LogP contribution in [0, 0.1) is 0 Å². The number of aldehydes is 1. The number of rotatable bonds is 5. The van der Waals surface area contributed by atoms with Crippen LogP contribution < -0.4 is 10.6 Å². The molecule has 3 nitrogen and oxygen atoms in total.